The maximum atomic E-state index is 13.2. The van der Waals surface area contributed by atoms with Crippen LogP contribution in [-0.2, 0) is 13.0 Å². The maximum Gasteiger partial charge on any atom is 0.261 e. The van der Waals surface area contributed by atoms with Crippen molar-refractivity contribution < 1.29 is 4.39 Å². The lowest BCUT2D eigenvalue weighted by Gasteiger charge is -2.05. The monoisotopic (exact) mass is 275 g/mol. The van der Waals surface area contributed by atoms with Gasteiger partial charge >= 0.3 is 0 Å². The highest BCUT2D eigenvalue weighted by atomic mass is 32.1. The number of aromatic nitrogens is 3. The first-order valence-corrected chi connectivity index (χ1v) is 6.65. The third-order valence-corrected chi connectivity index (χ3v) is 3.68. The van der Waals surface area contributed by atoms with E-state index >= 15 is 0 Å². The summed E-state index contributed by atoms with van der Waals surface area (Å²) < 4.78 is 14.7. The summed E-state index contributed by atoms with van der Waals surface area (Å²) in [6.07, 6.45) is 3.90. The quantitative estimate of drug-likeness (QED) is 0.736. The van der Waals surface area contributed by atoms with Crippen LogP contribution in [0.25, 0.3) is 10.9 Å². The van der Waals surface area contributed by atoms with Gasteiger partial charge in [0.1, 0.15) is 5.82 Å². The zero-order chi connectivity index (χ0) is 13.2. The number of halogens is 1. The Balaban J connectivity index is 1.96. The maximum absolute atomic E-state index is 13.2. The molecule has 0 radical (unpaired) electrons. The van der Waals surface area contributed by atoms with Crippen LogP contribution < -0.4 is 5.56 Å². The Morgan fingerprint density at radius 1 is 1.32 bits per heavy atom. The van der Waals surface area contributed by atoms with Gasteiger partial charge in [0.2, 0.25) is 0 Å². The first-order valence-electron chi connectivity index (χ1n) is 5.77. The van der Waals surface area contributed by atoms with Gasteiger partial charge in [-0.05, 0) is 18.2 Å². The molecule has 0 fully saturated rings. The third kappa shape index (κ3) is 2.39. The van der Waals surface area contributed by atoms with E-state index in [-0.39, 0.29) is 5.56 Å². The Morgan fingerprint density at radius 3 is 3.00 bits per heavy atom. The Kier molecular flexibility index (Phi) is 3.08. The van der Waals surface area contributed by atoms with Crippen LogP contribution in [0.5, 0.6) is 0 Å². The molecule has 0 saturated heterocycles. The second-order valence-corrected chi connectivity index (χ2v) is 5.06. The third-order valence-electron chi connectivity index (χ3n) is 2.84. The van der Waals surface area contributed by atoms with Crippen molar-refractivity contribution in [1.82, 2.24) is 14.5 Å². The van der Waals surface area contributed by atoms with Crippen LogP contribution in [0.4, 0.5) is 4.39 Å². The molecule has 2 heterocycles. The van der Waals surface area contributed by atoms with E-state index in [2.05, 4.69) is 9.97 Å². The first-order chi connectivity index (χ1) is 9.24. The molecule has 0 aliphatic rings. The fraction of sp³-hybridized carbons (Fsp3) is 0.154. The molecule has 0 atom stereocenters. The molecule has 0 amide bonds. The van der Waals surface area contributed by atoms with E-state index in [0.717, 1.165) is 5.01 Å². The molecule has 2 aromatic heterocycles. The van der Waals surface area contributed by atoms with Crippen molar-refractivity contribution in [3.8, 4) is 0 Å². The van der Waals surface area contributed by atoms with Crippen LogP contribution in [0.3, 0.4) is 0 Å². The average Bonchev–Trinajstić information content (AvgIpc) is 2.92. The molecule has 0 bridgehead atoms. The molecule has 3 rings (SSSR count). The number of benzene rings is 1. The molecule has 0 saturated carbocycles. The number of fused-ring (bicyclic) bond motifs is 1. The fourth-order valence-electron chi connectivity index (χ4n) is 1.88. The SMILES string of the molecule is O=c1c2cc(F)ccc2ncn1CCc1nccs1. The Hall–Kier alpha value is -2.08. The summed E-state index contributed by atoms with van der Waals surface area (Å²) in [5.74, 6) is -0.427. The summed E-state index contributed by atoms with van der Waals surface area (Å²) in [7, 11) is 0. The summed E-state index contributed by atoms with van der Waals surface area (Å²) in [4.78, 5) is 20.5. The van der Waals surface area contributed by atoms with Crippen LogP contribution in [0.2, 0.25) is 0 Å². The van der Waals surface area contributed by atoms with E-state index in [0.29, 0.717) is 23.9 Å². The van der Waals surface area contributed by atoms with Crippen molar-refractivity contribution >= 4 is 22.2 Å². The van der Waals surface area contributed by atoms with E-state index in [1.54, 1.807) is 17.5 Å². The molecule has 0 spiro atoms. The topological polar surface area (TPSA) is 47.8 Å². The van der Waals surface area contributed by atoms with Crippen LogP contribution in [-0.4, -0.2) is 14.5 Å². The predicted octanol–water partition coefficient (Wildman–Crippen LogP) is 2.23. The smallest absolute Gasteiger partial charge is 0.261 e. The molecule has 3 aromatic rings. The minimum Gasteiger partial charge on any atom is -0.298 e. The van der Waals surface area contributed by atoms with Gasteiger partial charge in [0.15, 0.2) is 0 Å². The minimum absolute atomic E-state index is 0.221. The number of hydrogen-bond donors (Lipinski definition) is 0. The molecule has 0 N–H and O–H groups in total. The molecule has 6 heteroatoms. The molecular formula is C13H10FN3OS. The van der Waals surface area contributed by atoms with Gasteiger partial charge in [-0.15, -0.1) is 11.3 Å². The van der Waals surface area contributed by atoms with Crippen molar-refractivity contribution in [3.05, 3.63) is 57.3 Å². The molecule has 96 valence electrons. The van der Waals surface area contributed by atoms with Crippen molar-refractivity contribution in [3.63, 3.8) is 0 Å². The van der Waals surface area contributed by atoms with Crippen molar-refractivity contribution in [2.75, 3.05) is 0 Å². The lowest BCUT2D eigenvalue weighted by Crippen LogP contribution is -2.21. The lowest BCUT2D eigenvalue weighted by atomic mass is 10.2. The van der Waals surface area contributed by atoms with Gasteiger partial charge in [0, 0.05) is 24.5 Å². The highest BCUT2D eigenvalue weighted by Gasteiger charge is 2.06. The van der Waals surface area contributed by atoms with Crippen LogP contribution in [0.1, 0.15) is 5.01 Å². The van der Waals surface area contributed by atoms with Crippen LogP contribution in [0.15, 0.2) is 40.9 Å². The molecular weight excluding hydrogens is 265 g/mol. The van der Waals surface area contributed by atoms with E-state index in [1.165, 1.54) is 29.1 Å². The second-order valence-electron chi connectivity index (χ2n) is 4.08. The number of rotatable bonds is 3. The standard InChI is InChI=1S/C13H10FN3OS/c14-9-1-2-11-10(7-9)13(18)17(8-16-11)5-3-12-15-4-6-19-12/h1-2,4,6-8H,3,5H2. The Labute approximate surface area is 112 Å². The number of hydrogen-bond acceptors (Lipinski definition) is 4. The van der Waals surface area contributed by atoms with E-state index < -0.39 is 5.82 Å². The summed E-state index contributed by atoms with van der Waals surface area (Å²) >= 11 is 1.55. The zero-order valence-electron chi connectivity index (χ0n) is 9.91. The summed E-state index contributed by atoms with van der Waals surface area (Å²) in [6.45, 7) is 0.492. The lowest BCUT2D eigenvalue weighted by molar-refractivity contribution is 0.627. The molecule has 4 nitrogen and oxygen atoms in total. The van der Waals surface area contributed by atoms with E-state index in [1.807, 2.05) is 5.38 Å². The molecule has 19 heavy (non-hydrogen) atoms. The normalized spacial score (nSPS) is 11.0. The zero-order valence-corrected chi connectivity index (χ0v) is 10.7. The summed E-state index contributed by atoms with van der Waals surface area (Å²) in [6, 6.07) is 4.04. The molecule has 0 aliphatic heterocycles. The van der Waals surface area contributed by atoms with Crippen LogP contribution in [0, 0.1) is 5.82 Å². The number of aryl methyl sites for hydroxylation is 2. The minimum atomic E-state index is -0.427. The molecule has 0 aliphatic carbocycles. The van der Waals surface area contributed by atoms with Gasteiger partial charge in [-0.3, -0.25) is 9.36 Å². The van der Waals surface area contributed by atoms with Crippen LogP contribution >= 0.6 is 11.3 Å². The van der Waals surface area contributed by atoms with Gasteiger partial charge in [0.25, 0.3) is 5.56 Å². The molecule has 1 aromatic carbocycles. The van der Waals surface area contributed by atoms with Gasteiger partial charge in [0.05, 0.1) is 22.2 Å². The van der Waals surface area contributed by atoms with Gasteiger partial charge in [-0.1, -0.05) is 0 Å². The van der Waals surface area contributed by atoms with Crippen molar-refractivity contribution in [1.29, 1.82) is 0 Å². The van der Waals surface area contributed by atoms with E-state index in [4.69, 9.17) is 0 Å². The van der Waals surface area contributed by atoms with Gasteiger partial charge in [-0.25, -0.2) is 14.4 Å². The fourth-order valence-corrected chi connectivity index (χ4v) is 2.49. The number of nitrogens with zero attached hydrogens (tertiary/aromatic N) is 3. The summed E-state index contributed by atoms with van der Waals surface area (Å²) in [5, 5.41) is 3.17. The highest BCUT2D eigenvalue weighted by Crippen LogP contribution is 2.09. The summed E-state index contributed by atoms with van der Waals surface area (Å²) in [5.41, 5.74) is 0.290. The Bertz CT molecular complexity index is 767. The molecule has 0 unspecified atom stereocenters. The highest BCUT2D eigenvalue weighted by molar-refractivity contribution is 7.09. The van der Waals surface area contributed by atoms with Crippen molar-refractivity contribution in [2.24, 2.45) is 0 Å². The largest absolute Gasteiger partial charge is 0.298 e. The van der Waals surface area contributed by atoms with Gasteiger partial charge in [-0.2, -0.15) is 0 Å². The van der Waals surface area contributed by atoms with Gasteiger partial charge < -0.3 is 0 Å². The predicted molar refractivity (Wildman–Crippen MR) is 71.8 cm³/mol. The first kappa shape index (κ1) is 12.0. The van der Waals surface area contributed by atoms with E-state index in [9.17, 15) is 9.18 Å². The van der Waals surface area contributed by atoms with Crippen molar-refractivity contribution in [2.45, 2.75) is 13.0 Å². The average molecular weight is 275 g/mol. The number of thiazole rings is 1. The Morgan fingerprint density at radius 2 is 2.21 bits per heavy atom. The second kappa shape index (κ2) is 4.89.